The maximum absolute atomic E-state index is 4.06. The van der Waals surface area contributed by atoms with E-state index in [9.17, 15) is 0 Å². The maximum Gasteiger partial charge on any atom is 0.0830 e. The van der Waals surface area contributed by atoms with Gasteiger partial charge < -0.3 is 0 Å². The van der Waals surface area contributed by atoms with E-state index in [0.29, 0.717) is 5.92 Å². The quantitative estimate of drug-likeness (QED) is 0.840. The number of rotatable bonds is 3. The molecule has 2 aromatic heterocycles. The summed E-state index contributed by atoms with van der Waals surface area (Å²) in [4.78, 5) is 1.45. The fourth-order valence-electron chi connectivity index (χ4n) is 1.62. The number of hydrogen-bond donors (Lipinski definition) is 1. The number of nitrogens with one attached hydrogen (secondary N) is 1. The highest BCUT2D eigenvalue weighted by Gasteiger charge is 2.11. The van der Waals surface area contributed by atoms with Gasteiger partial charge in [-0.3, -0.25) is 0 Å². The van der Waals surface area contributed by atoms with Crippen molar-refractivity contribution in [3.05, 3.63) is 33.8 Å². The van der Waals surface area contributed by atoms with Crippen molar-refractivity contribution < 1.29 is 0 Å². The van der Waals surface area contributed by atoms with Gasteiger partial charge in [0.05, 0.1) is 11.9 Å². The highest BCUT2D eigenvalue weighted by Crippen LogP contribution is 2.27. The Morgan fingerprint density at radius 2 is 2.43 bits per heavy atom. The van der Waals surface area contributed by atoms with Gasteiger partial charge in [0.2, 0.25) is 0 Å². The summed E-state index contributed by atoms with van der Waals surface area (Å²) in [6.07, 6.45) is 2.75. The molecule has 2 aromatic rings. The molecule has 2 rings (SSSR count). The first-order valence-electron chi connectivity index (χ1n) is 4.66. The molecular formula is C10H13N3S. The van der Waals surface area contributed by atoms with E-state index < -0.39 is 0 Å². The van der Waals surface area contributed by atoms with E-state index in [1.54, 1.807) is 6.20 Å². The number of thiophene rings is 1. The summed E-state index contributed by atoms with van der Waals surface area (Å²) < 4.78 is 0. The van der Waals surface area contributed by atoms with Crippen LogP contribution in [0.5, 0.6) is 0 Å². The number of nitrogens with zero attached hydrogens (tertiary/aromatic N) is 2. The first-order chi connectivity index (χ1) is 6.77. The Morgan fingerprint density at radius 3 is 3.00 bits per heavy atom. The molecule has 0 radical (unpaired) electrons. The molecule has 3 nitrogen and oxygen atoms in total. The van der Waals surface area contributed by atoms with Gasteiger partial charge in [0.15, 0.2) is 0 Å². The van der Waals surface area contributed by atoms with Crippen LogP contribution >= 0.6 is 11.3 Å². The smallest absolute Gasteiger partial charge is 0.0830 e. The molecule has 0 saturated carbocycles. The molecule has 74 valence electrons. The minimum Gasteiger partial charge on any atom is -0.198 e. The van der Waals surface area contributed by atoms with Crippen molar-refractivity contribution in [2.45, 2.75) is 26.2 Å². The van der Waals surface area contributed by atoms with Crippen LogP contribution in [0.2, 0.25) is 0 Å². The van der Waals surface area contributed by atoms with Crippen LogP contribution in [0, 0.1) is 6.92 Å². The number of aromatic nitrogens is 3. The number of H-pyrrole nitrogens is 1. The van der Waals surface area contributed by atoms with Crippen molar-refractivity contribution in [3.8, 4) is 0 Å². The number of aromatic amines is 1. The molecule has 2 heterocycles. The van der Waals surface area contributed by atoms with Crippen LogP contribution < -0.4 is 0 Å². The maximum atomic E-state index is 4.06. The van der Waals surface area contributed by atoms with Gasteiger partial charge in [-0.25, -0.2) is 0 Å². The summed E-state index contributed by atoms with van der Waals surface area (Å²) in [5.41, 5.74) is 2.41. The first-order valence-corrected chi connectivity index (χ1v) is 5.54. The average molecular weight is 207 g/mol. The van der Waals surface area contributed by atoms with E-state index in [1.165, 1.54) is 10.4 Å². The Hall–Kier alpha value is -1.16. The van der Waals surface area contributed by atoms with Gasteiger partial charge in [-0.2, -0.15) is 15.4 Å². The molecule has 0 amide bonds. The Bertz CT molecular complexity index is 391. The Kier molecular flexibility index (Phi) is 2.63. The van der Waals surface area contributed by atoms with Crippen molar-refractivity contribution in [2.75, 3.05) is 0 Å². The Labute approximate surface area is 87.2 Å². The lowest BCUT2D eigenvalue weighted by atomic mass is 10.0. The third kappa shape index (κ3) is 1.85. The molecule has 1 atom stereocenters. The molecule has 0 fully saturated rings. The molecule has 0 bridgehead atoms. The molecule has 0 aliphatic carbocycles. The molecular weight excluding hydrogens is 194 g/mol. The van der Waals surface area contributed by atoms with Crippen molar-refractivity contribution >= 4 is 11.3 Å². The third-order valence-corrected chi connectivity index (χ3v) is 3.58. The molecule has 0 saturated heterocycles. The van der Waals surface area contributed by atoms with E-state index in [0.717, 1.165) is 12.1 Å². The van der Waals surface area contributed by atoms with Gasteiger partial charge in [-0.15, -0.1) is 11.3 Å². The van der Waals surface area contributed by atoms with Crippen LogP contribution in [-0.2, 0) is 6.42 Å². The molecule has 0 spiro atoms. The monoisotopic (exact) mass is 207 g/mol. The van der Waals surface area contributed by atoms with Crippen LogP contribution in [0.15, 0.2) is 17.6 Å². The minimum atomic E-state index is 0.528. The van der Waals surface area contributed by atoms with Crippen molar-refractivity contribution in [2.24, 2.45) is 0 Å². The van der Waals surface area contributed by atoms with Gasteiger partial charge in [0.1, 0.15) is 0 Å². The Morgan fingerprint density at radius 1 is 1.57 bits per heavy atom. The second kappa shape index (κ2) is 3.92. The molecule has 0 aromatic carbocycles. The van der Waals surface area contributed by atoms with E-state index in [-0.39, 0.29) is 0 Å². The molecule has 0 aliphatic heterocycles. The summed E-state index contributed by atoms with van der Waals surface area (Å²) in [5, 5.41) is 12.7. The number of aryl methyl sites for hydroxylation is 1. The normalized spacial score (nSPS) is 13.0. The molecule has 1 N–H and O–H groups in total. The van der Waals surface area contributed by atoms with Crippen molar-refractivity contribution in [1.82, 2.24) is 15.4 Å². The predicted molar refractivity (Wildman–Crippen MR) is 57.6 cm³/mol. The topological polar surface area (TPSA) is 41.6 Å². The third-order valence-electron chi connectivity index (χ3n) is 2.33. The lowest BCUT2D eigenvalue weighted by Gasteiger charge is -2.08. The summed E-state index contributed by atoms with van der Waals surface area (Å²) in [6.45, 7) is 4.39. The van der Waals surface area contributed by atoms with Crippen LogP contribution in [-0.4, -0.2) is 15.4 Å². The van der Waals surface area contributed by atoms with E-state index in [4.69, 9.17) is 0 Å². The first kappa shape index (κ1) is 9.40. The van der Waals surface area contributed by atoms with Crippen molar-refractivity contribution in [3.63, 3.8) is 0 Å². The summed E-state index contributed by atoms with van der Waals surface area (Å²) in [7, 11) is 0. The van der Waals surface area contributed by atoms with Crippen molar-refractivity contribution in [1.29, 1.82) is 0 Å². The zero-order valence-electron chi connectivity index (χ0n) is 8.32. The highest BCUT2D eigenvalue weighted by molar-refractivity contribution is 7.10. The fourth-order valence-corrected chi connectivity index (χ4v) is 2.61. The second-order valence-electron chi connectivity index (χ2n) is 3.53. The van der Waals surface area contributed by atoms with Gasteiger partial charge in [-0.1, -0.05) is 6.92 Å². The lowest BCUT2D eigenvalue weighted by Crippen LogP contribution is -1.98. The molecule has 0 aliphatic rings. The number of hydrogen-bond acceptors (Lipinski definition) is 3. The molecule has 14 heavy (non-hydrogen) atoms. The lowest BCUT2D eigenvalue weighted by molar-refractivity contribution is 0.745. The van der Waals surface area contributed by atoms with E-state index >= 15 is 0 Å². The highest BCUT2D eigenvalue weighted by atomic mass is 32.1. The summed E-state index contributed by atoms with van der Waals surface area (Å²) >= 11 is 1.82. The van der Waals surface area contributed by atoms with E-state index in [1.807, 2.05) is 11.3 Å². The average Bonchev–Trinajstić information content (AvgIpc) is 2.75. The minimum absolute atomic E-state index is 0.528. The van der Waals surface area contributed by atoms with Gasteiger partial charge in [0.25, 0.3) is 0 Å². The van der Waals surface area contributed by atoms with Crippen LogP contribution in [0.3, 0.4) is 0 Å². The zero-order valence-corrected chi connectivity index (χ0v) is 9.14. The molecule has 4 heteroatoms. The molecule has 1 unspecified atom stereocenters. The second-order valence-corrected chi connectivity index (χ2v) is 4.48. The van der Waals surface area contributed by atoms with E-state index in [2.05, 4.69) is 40.7 Å². The predicted octanol–water partition coefficient (Wildman–Crippen LogP) is 2.52. The van der Waals surface area contributed by atoms with Crippen LogP contribution in [0.4, 0.5) is 0 Å². The Balaban J connectivity index is 2.10. The van der Waals surface area contributed by atoms with Crippen LogP contribution in [0.25, 0.3) is 0 Å². The largest absolute Gasteiger partial charge is 0.198 e. The van der Waals surface area contributed by atoms with Gasteiger partial charge in [-0.05, 0) is 29.9 Å². The summed E-state index contributed by atoms with van der Waals surface area (Å²) in [6, 6.07) is 2.17. The van der Waals surface area contributed by atoms with Crippen LogP contribution in [0.1, 0.15) is 29.0 Å². The van der Waals surface area contributed by atoms with Gasteiger partial charge >= 0.3 is 0 Å². The zero-order chi connectivity index (χ0) is 9.97. The SMILES string of the molecule is Cc1ccsc1C(C)Cc1cn[nH]n1. The fraction of sp³-hybridized carbons (Fsp3) is 0.400. The summed E-state index contributed by atoms with van der Waals surface area (Å²) in [5.74, 6) is 0.528. The standard InChI is InChI=1S/C10H13N3S/c1-7-3-4-14-10(7)8(2)5-9-6-11-13-12-9/h3-4,6,8H,5H2,1-2H3,(H,11,12,13). The van der Waals surface area contributed by atoms with Gasteiger partial charge in [0, 0.05) is 11.3 Å².